The molecule has 1 aromatic rings. The standard InChI is InChI=1S/C15H17NO5/c1-2-19-13(17)10-21-15(18)16-12-8-5-7-11-6-3-4-9-20-14(11)12/h3,5-8H,2,4,9-10H2,1H3,(H,16,18). The first-order valence-corrected chi connectivity index (χ1v) is 6.72. The first-order valence-electron chi connectivity index (χ1n) is 6.72. The average molecular weight is 291 g/mol. The van der Waals surface area contributed by atoms with Gasteiger partial charge in [-0.25, -0.2) is 9.59 Å². The third-order valence-electron chi connectivity index (χ3n) is 2.74. The highest BCUT2D eigenvalue weighted by Crippen LogP contribution is 2.31. The summed E-state index contributed by atoms with van der Waals surface area (Å²) in [5, 5.41) is 2.57. The zero-order valence-electron chi connectivity index (χ0n) is 11.8. The number of nitrogens with one attached hydrogen (secondary N) is 1. The van der Waals surface area contributed by atoms with Crippen LogP contribution in [0.15, 0.2) is 24.3 Å². The number of carbonyl (C=O) groups excluding carboxylic acids is 2. The molecule has 1 N–H and O–H groups in total. The normalized spacial score (nSPS) is 12.6. The van der Waals surface area contributed by atoms with Gasteiger partial charge in [0.15, 0.2) is 6.61 Å². The number of amides is 1. The fourth-order valence-corrected chi connectivity index (χ4v) is 1.86. The maximum absolute atomic E-state index is 11.7. The van der Waals surface area contributed by atoms with Gasteiger partial charge >= 0.3 is 12.1 Å². The molecule has 6 nitrogen and oxygen atoms in total. The molecule has 0 atom stereocenters. The molecule has 1 amide bonds. The fraction of sp³-hybridized carbons (Fsp3) is 0.333. The Labute approximate surface area is 122 Å². The van der Waals surface area contributed by atoms with Gasteiger partial charge in [0, 0.05) is 5.56 Å². The summed E-state index contributed by atoms with van der Waals surface area (Å²) in [5.74, 6) is 0.0121. The van der Waals surface area contributed by atoms with Gasteiger partial charge in [0.2, 0.25) is 0 Å². The van der Waals surface area contributed by atoms with Gasteiger partial charge in [-0.1, -0.05) is 24.3 Å². The van der Waals surface area contributed by atoms with Gasteiger partial charge in [0.1, 0.15) is 5.75 Å². The van der Waals surface area contributed by atoms with E-state index in [-0.39, 0.29) is 6.61 Å². The smallest absolute Gasteiger partial charge is 0.412 e. The lowest BCUT2D eigenvalue weighted by Gasteiger charge is -2.13. The van der Waals surface area contributed by atoms with Crippen LogP contribution in [0.25, 0.3) is 6.08 Å². The first kappa shape index (κ1) is 14.9. The Morgan fingerprint density at radius 2 is 2.19 bits per heavy atom. The van der Waals surface area contributed by atoms with Crippen molar-refractivity contribution in [3.63, 3.8) is 0 Å². The summed E-state index contributed by atoms with van der Waals surface area (Å²) in [6.45, 7) is 2.05. The van der Waals surface area contributed by atoms with Gasteiger partial charge in [0.25, 0.3) is 0 Å². The zero-order valence-corrected chi connectivity index (χ0v) is 11.8. The van der Waals surface area contributed by atoms with Gasteiger partial charge in [-0.3, -0.25) is 5.32 Å². The van der Waals surface area contributed by atoms with Crippen molar-refractivity contribution in [3.8, 4) is 5.75 Å². The van der Waals surface area contributed by atoms with Crippen LogP contribution in [0.5, 0.6) is 5.75 Å². The summed E-state index contributed by atoms with van der Waals surface area (Å²) in [4.78, 5) is 22.8. The van der Waals surface area contributed by atoms with Crippen LogP contribution in [0, 0.1) is 0 Å². The zero-order chi connectivity index (χ0) is 15.1. The molecule has 0 saturated carbocycles. The van der Waals surface area contributed by atoms with Crippen molar-refractivity contribution >= 4 is 23.8 Å². The lowest BCUT2D eigenvalue weighted by molar-refractivity contribution is -0.146. The monoisotopic (exact) mass is 291 g/mol. The number of rotatable bonds is 4. The summed E-state index contributed by atoms with van der Waals surface area (Å²) in [6, 6.07) is 5.41. The second kappa shape index (κ2) is 7.33. The molecule has 0 saturated heterocycles. The van der Waals surface area contributed by atoms with Gasteiger partial charge in [0.05, 0.1) is 18.9 Å². The molecule has 1 aliphatic heterocycles. The van der Waals surface area contributed by atoms with E-state index in [1.54, 1.807) is 19.1 Å². The number of hydrogen-bond donors (Lipinski definition) is 1. The van der Waals surface area contributed by atoms with Crippen LogP contribution in [-0.4, -0.2) is 31.9 Å². The van der Waals surface area contributed by atoms with Crippen molar-refractivity contribution in [2.45, 2.75) is 13.3 Å². The molecule has 1 heterocycles. The van der Waals surface area contributed by atoms with E-state index in [0.29, 0.717) is 18.0 Å². The van der Waals surface area contributed by atoms with Gasteiger partial charge in [-0.15, -0.1) is 0 Å². The average Bonchev–Trinajstić information content (AvgIpc) is 2.71. The molecule has 1 aromatic carbocycles. The molecule has 0 unspecified atom stereocenters. The summed E-state index contributed by atoms with van der Waals surface area (Å²) in [5.41, 5.74) is 1.39. The molecule has 112 valence electrons. The molecule has 0 aliphatic carbocycles. The number of anilines is 1. The number of carbonyl (C=O) groups is 2. The first-order chi connectivity index (χ1) is 10.2. The van der Waals surface area contributed by atoms with Crippen molar-refractivity contribution in [2.75, 3.05) is 25.1 Å². The molecule has 0 radical (unpaired) electrons. The van der Waals surface area contributed by atoms with Crippen molar-refractivity contribution in [2.24, 2.45) is 0 Å². The van der Waals surface area contributed by atoms with E-state index >= 15 is 0 Å². The molecule has 1 aliphatic rings. The van der Waals surface area contributed by atoms with Crippen molar-refractivity contribution in [3.05, 3.63) is 29.8 Å². The minimum Gasteiger partial charge on any atom is -0.490 e. The second-order valence-electron chi connectivity index (χ2n) is 4.27. The number of esters is 1. The van der Waals surface area contributed by atoms with E-state index in [4.69, 9.17) is 9.47 Å². The number of hydrogen-bond acceptors (Lipinski definition) is 5. The highest BCUT2D eigenvalue weighted by molar-refractivity contribution is 5.89. The van der Waals surface area contributed by atoms with E-state index in [9.17, 15) is 9.59 Å². The summed E-state index contributed by atoms with van der Waals surface area (Å²) in [7, 11) is 0. The highest BCUT2D eigenvalue weighted by Gasteiger charge is 2.14. The summed E-state index contributed by atoms with van der Waals surface area (Å²) < 4.78 is 15.1. The van der Waals surface area contributed by atoms with Gasteiger partial charge in [-0.05, 0) is 19.4 Å². The lowest BCUT2D eigenvalue weighted by Crippen LogP contribution is -2.20. The largest absolute Gasteiger partial charge is 0.490 e. The second-order valence-corrected chi connectivity index (χ2v) is 4.27. The van der Waals surface area contributed by atoms with Crippen LogP contribution in [0.4, 0.5) is 10.5 Å². The van der Waals surface area contributed by atoms with Crippen LogP contribution in [0.3, 0.4) is 0 Å². The van der Waals surface area contributed by atoms with E-state index in [1.165, 1.54) is 0 Å². The Kier molecular flexibility index (Phi) is 5.20. The van der Waals surface area contributed by atoms with Gasteiger partial charge in [-0.2, -0.15) is 0 Å². The highest BCUT2D eigenvalue weighted by atomic mass is 16.6. The number of fused-ring (bicyclic) bond motifs is 1. The predicted octanol–water partition coefficient (Wildman–Crippen LogP) is 2.59. The molecule has 21 heavy (non-hydrogen) atoms. The molecular formula is C15H17NO5. The van der Waals surface area contributed by atoms with E-state index in [2.05, 4.69) is 10.1 Å². The molecule has 0 aromatic heterocycles. The topological polar surface area (TPSA) is 73.9 Å². The van der Waals surface area contributed by atoms with Crippen molar-refractivity contribution in [1.29, 1.82) is 0 Å². The SMILES string of the molecule is CCOC(=O)COC(=O)Nc1cccc2c1OCCC=C2. The van der Waals surface area contributed by atoms with Gasteiger partial charge < -0.3 is 14.2 Å². The Morgan fingerprint density at radius 1 is 1.33 bits per heavy atom. The minimum absolute atomic E-state index is 0.246. The number of benzene rings is 1. The summed E-state index contributed by atoms with van der Waals surface area (Å²) >= 11 is 0. The third-order valence-corrected chi connectivity index (χ3v) is 2.74. The third kappa shape index (κ3) is 4.24. The Morgan fingerprint density at radius 3 is 3.00 bits per heavy atom. The summed E-state index contributed by atoms with van der Waals surface area (Å²) in [6.07, 6.45) is 4.03. The van der Waals surface area contributed by atoms with E-state index in [1.807, 2.05) is 18.2 Å². The van der Waals surface area contributed by atoms with Crippen molar-refractivity contribution in [1.82, 2.24) is 0 Å². The molecule has 2 rings (SSSR count). The fourth-order valence-electron chi connectivity index (χ4n) is 1.86. The van der Waals surface area contributed by atoms with Crippen LogP contribution in [-0.2, 0) is 14.3 Å². The van der Waals surface area contributed by atoms with E-state index in [0.717, 1.165) is 12.0 Å². The van der Waals surface area contributed by atoms with E-state index < -0.39 is 18.7 Å². The molecule has 0 bridgehead atoms. The minimum atomic E-state index is -0.728. The quantitative estimate of drug-likeness (QED) is 0.863. The van der Waals surface area contributed by atoms with Crippen LogP contribution >= 0.6 is 0 Å². The lowest BCUT2D eigenvalue weighted by atomic mass is 10.1. The van der Waals surface area contributed by atoms with Crippen LogP contribution in [0.2, 0.25) is 0 Å². The molecule has 0 fully saturated rings. The Bertz CT molecular complexity index is 553. The van der Waals surface area contributed by atoms with Crippen molar-refractivity contribution < 1.29 is 23.8 Å². The Balaban J connectivity index is 1.98. The maximum atomic E-state index is 11.7. The molecular weight excluding hydrogens is 274 g/mol. The maximum Gasteiger partial charge on any atom is 0.412 e. The Hall–Kier alpha value is -2.50. The predicted molar refractivity (Wildman–Crippen MR) is 77.2 cm³/mol. The number of para-hydroxylation sites is 1. The molecule has 6 heteroatoms. The van der Waals surface area contributed by atoms with Crippen LogP contribution in [0.1, 0.15) is 18.9 Å². The molecule has 0 spiro atoms. The number of ether oxygens (including phenoxy) is 3. The van der Waals surface area contributed by atoms with Crippen LogP contribution < -0.4 is 10.1 Å².